The molecular weight excluding hydrogens is 366 g/mol. The van der Waals surface area contributed by atoms with Crippen LogP contribution < -0.4 is 10.1 Å². The fourth-order valence-corrected chi connectivity index (χ4v) is 3.44. The van der Waals surface area contributed by atoms with Crippen LogP contribution in [0.5, 0.6) is 5.75 Å². The number of thiazole rings is 1. The highest BCUT2D eigenvalue weighted by Gasteiger charge is 2.29. The van der Waals surface area contributed by atoms with Crippen LogP contribution in [-0.4, -0.2) is 39.6 Å². The minimum atomic E-state index is -0.675. The van der Waals surface area contributed by atoms with Gasteiger partial charge >= 0.3 is 0 Å². The van der Waals surface area contributed by atoms with Crippen molar-refractivity contribution in [1.29, 1.82) is 0 Å². The molecule has 0 spiro atoms. The molecule has 0 radical (unpaired) electrons. The molecule has 27 heavy (non-hydrogen) atoms. The number of aromatic nitrogens is 3. The van der Waals surface area contributed by atoms with E-state index in [2.05, 4.69) is 20.6 Å². The van der Waals surface area contributed by atoms with Gasteiger partial charge in [-0.15, -0.1) is 11.3 Å². The van der Waals surface area contributed by atoms with Crippen LogP contribution in [0.3, 0.4) is 0 Å². The average molecular weight is 383 g/mol. The number of ether oxygens (including phenoxy) is 1. The average Bonchev–Trinajstić information content (AvgIpc) is 3.42. The van der Waals surface area contributed by atoms with E-state index in [0.717, 1.165) is 28.4 Å². The first-order chi connectivity index (χ1) is 13.1. The third-order valence-electron chi connectivity index (χ3n) is 4.20. The predicted molar refractivity (Wildman–Crippen MR) is 102 cm³/mol. The van der Waals surface area contributed by atoms with E-state index in [-0.39, 0.29) is 5.91 Å². The van der Waals surface area contributed by atoms with Gasteiger partial charge in [-0.2, -0.15) is 5.10 Å². The van der Waals surface area contributed by atoms with E-state index in [1.54, 1.807) is 18.0 Å². The van der Waals surface area contributed by atoms with Gasteiger partial charge in [0.2, 0.25) is 6.10 Å². The summed E-state index contributed by atoms with van der Waals surface area (Å²) in [5.41, 5.74) is 3.28. The van der Waals surface area contributed by atoms with E-state index in [9.17, 15) is 4.79 Å². The molecule has 1 unspecified atom stereocenters. The van der Waals surface area contributed by atoms with Gasteiger partial charge < -0.3 is 9.57 Å². The standard InChI is InChI=1S/C18H17N5O3S/c1-23-15(7-8-19-23)14-10-27-18(20-14)21-17(24)16-9-13(22-26-16)11-3-5-12(25-2)6-4-11/h3-8,10,16H,9H2,1-2H3,(H,20,21,24). The SMILES string of the molecule is COc1ccc(C2=NOC(C(=O)Nc3nc(-c4ccnn4C)cs3)C2)cc1. The molecule has 4 rings (SSSR count). The van der Waals surface area contributed by atoms with Crippen LogP contribution in [0.1, 0.15) is 12.0 Å². The van der Waals surface area contributed by atoms with Crippen molar-refractivity contribution in [2.24, 2.45) is 12.2 Å². The minimum Gasteiger partial charge on any atom is -0.497 e. The Kier molecular flexibility index (Phi) is 4.59. The van der Waals surface area contributed by atoms with Gasteiger partial charge in [-0.1, -0.05) is 5.16 Å². The second-order valence-electron chi connectivity index (χ2n) is 5.93. The second kappa shape index (κ2) is 7.20. The summed E-state index contributed by atoms with van der Waals surface area (Å²) < 4.78 is 6.88. The van der Waals surface area contributed by atoms with Gasteiger partial charge in [0.25, 0.3) is 5.91 Å². The fourth-order valence-electron chi connectivity index (χ4n) is 2.73. The highest BCUT2D eigenvalue weighted by Crippen LogP contribution is 2.25. The summed E-state index contributed by atoms with van der Waals surface area (Å²) in [6, 6.07) is 9.35. The van der Waals surface area contributed by atoms with Crippen LogP contribution in [0.2, 0.25) is 0 Å². The summed E-state index contributed by atoms with van der Waals surface area (Å²) in [7, 11) is 3.46. The summed E-state index contributed by atoms with van der Waals surface area (Å²) in [4.78, 5) is 22.2. The molecule has 0 aliphatic carbocycles. The van der Waals surface area contributed by atoms with E-state index in [0.29, 0.717) is 11.6 Å². The van der Waals surface area contributed by atoms with Crippen LogP contribution >= 0.6 is 11.3 Å². The number of anilines is 1. The number of rotatable bonds is 5. The first-order valence-corrected chi connectivity index (χ1v) is 9.14. The van der Waals surface area contributed by atoms with Gasteiger partial charge in [0.15, 0.2) is 5.13 Å². The van der Waals surface area contributed by atoms with Gasteiger partial charge in [0.05, 0.1) is 18.5 Å². The first-order valence-electron chi connectivity index (χ1n) is 8.26. The zero-order valence-electron chi connectivity index (χ0n) is 14.7. The Labute approximate surface area is 159 Å². The van der Waals surface area contributed by atoms with Crippen molar-refractivity contribution < 1.29 is 14.4 Å². The number of aryl methyl sites for hydroxylation is 1. The zero-order valence-corrected chi connectivity index (χ0v) is 15.6. The van der Waals surface area contributed by atoms with Crippen molar-refractivity contribution in [3.8, 4) is 17.1 Å². The second-order valence-corrected chi connectivity index (χ2v) is 6.79. The molecule has 138 valence electrons. The Balaban J connectivity index is 1.38. The van der Waals surface area contributed by atoms with Crippen LogP contribution in [0.4, 0.5) is 5.13 Å². The lowest BCUT2D eigenvalue weighted by Crippen LogP contribution is -2.28. The lowest BCUT2D eigenvalue weighted by molar-refractivity contribution is -0.125. The van der Waals surface area contributed by atoms with E-state index in [1.165, 1.54) is 11.3 Å². The molecular formula is C18H17N5O3S. The van der Waals surface area contributed by atoms with Crippen molar-refractivity contribution in [2.75, 3.05) is 12.4 Å². The van der Waals surface area contributed by atoms with Crippen LogP contribution in [-0.2, 0) is 16.7 Å². The van der Waals surface area contributed by atoms with E-state index in [1.807, 2.05) is 42.8 Å². The van der Waals surface area contributed by atoms with Gasteiger partial charge in [-0.25, -0.2) is 4.98 Å². The zero-order chi connectivity index (χ0) is 18.8. The highest BCUT2D eigenvalue weighted by molar-refractivity contribution is 7.14. The van der Waals surface area contributed by atoms with Gasteiger partial charge in [-0.3, -0.25) is 14.8 Å². The van der Waals surface area contributed by atoms with Gasteiger partial charge in [0.1, 0.15) is 11.4 Å². The molecule has 1 aromatic carbocycles. The van der Waals surface area contributed by atoms with Crippen LogP contribution in [0.25, 0.3) is 11.4 Å². The molecule has 1 aliphatic rings. The smallest absolute Gasteiger partial charge is 0.270 e. The molecule has 1 amide bonds. The number of benzene rings is 1. The van der Waals surface area contributed by atoms with Gasteiger partial charge in [0, 0.05) is 25.0 Å². The maximum Gasteiger partial charge on any atom is 0.270 e. The predicted octanol–water partition coefficient (Wildman–Crippen LogP) is 2.68. The quantitative estimate of drug-likeness (QED) is 0.731. The lowest BCUT2D eigenvalue weighted by Gasteiger charge is -2.07. The molecule has 3 heterocycles. The number of amides is 1. The maximum atomic E-state index is 12.5. The summed E-state index contributed by atoms with van der Waals surface area (Å²) in [5, 5.41) is 13.4. The van der Waals surface area contributed by atoms with Crippen molar-refractivity contribution in [3.05, 3.63) is 47.5 Å². The number of nitrogens with zero attached hydrogens (tertiary/aromatic N) is 4. The number of nitrogens with one attached hydrogen (secondary N) is 1. The van der Waals surface area contributed by atoms with Crippen molar-refractivity contribution >= 4 is 28.1 Å². The monoisotopic (exact) mass is 383 g/mol. The molecule has 0 saturated carbocycles. The molecule has 0 saturated heterocycles. The first kappa shape index (κ1) is 17.2. The summed E-state index contributed by atoms with van der Waals surface area (Å²) in [6.07, 6.45) is 1.43. The van der Waals surface area contributed by atoms with Crippen molar-refractivity contribution in [2.45, 2.75) is 12.5 Å². The minimum absolute atomic E-state index is 0.270. The summed E-state index contributed by atoms with van der Waals surface area (Å²) in [5.74, 6) is 0.494. The molecule has 3 aromatic rings. The number of carbonyl (C=O) groups is 1. The molecule has 1 aliphatic heterocycles. The van der Waals surface area contributed by atoms with E-state index in [4.69, 9.17) is 9.57 Å². The highest BCUT2D eigenvalue weighted by atomic mass is 32.1. The Morgan fingerprint density at radius 1 is 1.33 bits per heavy atom. The molecule has 9 heteroatoms. The molecule has 2 aromatic heterocycles. The lowest BCUT2D eigenvalue weighted by atomic mass is 10.0. The van der Waals surface area contributed by atoms with Crippen LogP contribution in [0, 0.1) is 0 Å². The molecule has 0 bridgehead atoms. The number of hydrogen-bond acceptors (Lipinski definition) is 7. The Hall–Kier alpha value is -3.20. The van der Waals surface area contributed by atoms with E-state index < -0.39 is 6.10 Å². The van der Waals surface area contributed by atoms with Crippen molar-refractivity contribution in [1.82, 2.24) is 14.8 Å². The molecule has 8 nitrogen and oxygen atoms in total. The van der Waals surface area contributed by atoms with Gasteiger partial charge in [-0.05, 0) is 35.9 Å². The maximum absolute atomic E-state index is 12.5. The Morgan fingerprint density at radius 3 is 2.85 bits per heavy atom. The Morgan fingerprint density at radius 2 is 2.15 bits per heavy atom. The number of hydrogen-bond donors (Lipinski definition) is 1. The third-order valence-corrected chi connectivity index (χ3v) is 4.96. The third kappa shape index (κ3) is 3.54. The molecule has 1 N–H and O–H groups in total. The number of methoxy groups -OCH3 is 1. The molecule has 1 atom stereocenters. The van der Waals surface area contributed by atoms with E-state index >= 15 is 0 Å². The number of carbonyl (C=O) groups excluding carboxylic acids is 1. The molecule has 0 fully saturated rings. The fraction of sp³-hybridized carbons (Fsp3) is 0.222. The Bertz CT molecular complexity index is 993. The number of oxime groups is 1. The largest absolute Gasteiger partial charge is 0.497 e. The summed E-state index contributed by atoms with van der Waals surface area (Å²) >= 11 is 1.35. The van der Waals surface area contributed by atoms with Crippen LogP contribution in [0.15, 0.2) is 47.1 Å². The normalized spacial score (nSPS) is 15.9. The summed E-state index contributed by atoms with van der Waals surface area (Å²) in [6.45, 7) is 0. The topological polar surface area (TPSA) is 90.6 Å². The van der Waals surface area contributed by atoms with Crippen molar-refractivity contribution in [3.63, 3.8) is 0 Å².